The van der Waals surface area contributed by atoms with Crippen molar-refractivity contribution in [2.45, 2.75) is 26.2 Å². The molecule has 0 unspecified atom stereocenters. The zero-order valence-corrected chi connectivity index (χ0v) is 16.8. The van der Waals surface area contributed by atoms with E-state index in [9.17, 15) is 9.18 Å². The molecule has 4 rings (SSSR count). The van der Waals surface area contributed by atoms with Crippen LogP contribution in [-0.2, 0) is 11.2 Å². The molecule has 1 aromatic heterocycles. The number of aromatic nitrogens is 1. The van der Waals surface area contributed by atoms with Gasteiger partial charge in [-0.05, 0) is 37.5 Å². The smallest absolute Gasteiger partial charge is 0.222 e. The lowest BCUT2D eigenvalue weighted by atomic mass is 10.1. The molecule has 4 nitrogen and oxygen atoms in total. The lowest BCUT2D eigenvalue weighted by Crippen LogP contribution is -2.35. The van der Waals surface area contributed by atoms with Crippen molar-refractivity contribution in [3.63, 3.8) is 0 Å². The number of carbonyl (C=O) groups is 1. The van der Waals surface area contributed by atoms with Gasteiger partial charge in [0.25, 0.3) is 0 Å². The Hall–Kier alpha value is -2.95. The molecule has 0 bridgehead atoms. The second kappa shape index (κ2) is 8.60. The Morgan fingerprint density at radius 3 is 2.69 bits per heavy atom. The first-order chi connectivity index (χ1) is 14.1. The molecule has 0 spiro atoms. The number of carbonyl (C=O) groups excluding carboxylic acids is 1. The Morgan fingerprint density at radius 2 is 1.86 bits per heavy atom. The van der Waals surface area contributed by atoms with Crippen LogP contribution in [0.15, 0.2) is 54.6 Å². The minimum atomic E-state index is -0.292. The van der Waals surface area contributed by atoms with Crippen LogP contribution in [0.4, 0.5) is 10.1 Å². The normalized spacial score (nSPS) is 14.8. The number of aryl methyl sites for hydroxylation is 2. The van der Waals surface area contributed by atoms with E-state index >= 15 is 0 Å². The molecule has 2 heterocycles. The Bertz CT molecular complexity index is 1010. The number of pyridine rings is 1. The molecular weight excluding hydrogens is 365 g/mol. The van der Waals surface area contributed by atoms with E-state index in [1.165, 1.54) is 11.6 Å². The average Bonchev–Trinajstić information content (AvgIpc) is 2.99. The molecule has 1 amide bonds. The zero-order chi connectivity index (χ0) is 20.2. The Kier molecular flexibility index (Phi) is 5.74. The first-order valence-corrected chi connectivity index (χ1v) is 10.2. The predicted molar refractivity (Wildman–Crippen MR) is 115 cm³/mol. The van der Waals surface area contributed by atoms with Crippen LogP contribution in [0.2, 0.25) is 0 Å². The van der Waals surface area contributed by atoms with Gasteiger partial charge in [0.2, 0.25) is 5.91 Å². The first-order valence-electron chi connectivity index (χ1n) is 10.2. The SMILES string of the molecule is Cc1cc(N2CCCN(C(=O)CCc3ccccc3)CC2)c2cccc(F)c2n1. The second-order valence-corrected chi connectivity index (χ2v) is 7.63. The minimum Gasteiger partial charge on any atom is -0.369 e. The molecule has 3 aromatic rings. The second-order valence-electron chi connectivity index (χ2n) is 7.63. The summed E-state index contributed by atoms with van der Waals surface area (Å²) in [7, 11) is 0. The summed E-state index contributed by atoms with van der Waals surface area (Å²) >= 11 is 0. The first kappa shape index (κ1) is 19.4. The van der Waals surface area contributed by atoms with Gasteiger partial charge in [0.1, 0.15) is 11.3 Å². The highest BCUT2D eigenvalue weighted by atomic mass is 19.1. The number of hydrogen-bond acceptors (Lipinski definition) is 3. The van der Waals surface area contributed by atoms with Crippen LogP contribution in [0.1, 0.15) is 24.1 Å². The van der Waals surface area contributed by atoms with Crippen molar-refractivity contribution < 1.29 is 9.18 Å². The van der Waals surface area contributed by atoms with Gasteiger partial charge in [-0.1, -0.05) is 42.5 Å². The largest absolute Gasteiger partial charge is 0.369 e. The Balaban J connectivity index is 1.46. The van der Waals surface area contributed by atoms with Crippen LogP contribution >= 0.6 is 0 Å². The van der Waals surface area contributed by atoms with Crippen molar-refractivity contribution in [1.82, 2.24) is 9.88 Å². The van der Waals surface area contributed by atoms with Gasteiger partial charge >= 0.3 is 0 Å². The van der Waals surface area contributed by atoms with Crippen LogP contribution < -0.4 is 4.90 Å². The van der Waals surface area contributed by atoms with E-state index in [1.54, 1.807) is 6.07 Å². The van der Waals surface area contributed by atoms with E-state index < -0.39 is 0 Å². The van der Waals surface area contributed by atoms with Crippen molar-refractivity contribution in [2.24, 2.45) is 0 Å². The van der Waals surface area contributed by atoms with Crippen molar-refractivity contribution in [1.29, 1.82) is 0 Å². The number of anilines is 1. The van der Waals surface area contributed by atoms with Crippen molar-refractivity contribution in [3.8, 4) is 0 Å². The fourth-order valence-electron chi connectivity index (χ4n) is 4.04. The summed E-state index contributed by atoms with van der Waals surface area (Å²) in [5.41, 5.74) is 3.42. The van der Waals surface area contributed by atoms with E-state index in [2.05, 4.69) is 22.0 Å². The molecular formula is C24H26FN3O. The maximum absolute atomic E-state index is 14.3. The van der Waals surface area contributed by atoms with Gasteiger partial charge in [0.15, 0.2) is 0 Å². The maximum atomic E-state index is 14.3. The van der Waals surface area contributed by atoms with Crippen LogP contribution in [0.25, 0.3) is 10.9 Å². The van der Waals surface area contributed by atoms with Crippen LogP contribution in [0, 0.1) is 12.7 Å². The molecule has 2 aromatic carbocycles. The highest BCUT2D eigenvalue weighted by molar-refractivity contribution is 5.92. The van der Waals surface area contributed by atoms with E-state index in [0.29, 0.717) is 18.5 Å². The lowest BCUT2D eigenvalue weighted by Gasteiger charge is -2.25. The predicted octanol–water partition coefficient (Wildman–Crippen LogP) is 4.35. The molecule has 29 heavy (non-hydrogen) atoms. The number of fused-ring (bicyclic) bond motifs is 1. The average molecular weight is 391 g/mol. The highest BCUT2D eigenvalue weighted by Crippen LogP contribution is 2.29. The van der Waals surface area contributed by atoms with Gasteiger partial charge in [-0.15, -0.1) is 0 Å². The van der Waals surface area contributed by atoms with Gasteiger partial charge in [-0.3, -0.25) is 4.79 Å². The van der Waals surface area contributed by atoms with Gasteiger partial charge in [-0.2, -0.15) is 0 Å². The van der Waals surface area contributed by atoms with Crippen molar-refractivity contribution in [3.05, 3.63) is 71.7 Å². The molecule has 1 aliphatic heterocycles. The van der Waals surface area contributed by atoms with Crippen LogP contribution in [0.3, 0.4) is 0 Å². The molecule has 5 heteroatoms. The number of halogens is 1. The molecule has 1 aliphatic rings. The topological polar surface area (TPSA) is 36.4 Å². The number of rotatable bonds is 4. The molecule has 1 fully saturated rings. The quantitative estimate of drug-likeness (QED) is 0.663. The fraction of sp³-hybridized carbons (Fsp3) is 0.333. The summed E-state index contributed by atoms with van der Waals surface area (Å²) in [6.07, 6.45) is 2.20. The summed E-state index contributed by atoms with van der Waals surface area (Å²) < 4.78 is 14.3. The standard InChI is InChI=1S/C24H26FN3O/c1-18-17-22(20-9-5-10-21(25)24(20)26-18)27-13-6-14-28(16-15-27)23(29)12-11-19-7-3-2-4-8-19/h2-5,7-10,17H,6,11-16H2,1H3. The van der Waals surface area contributed by atoms with E-state index in [-0.39, 0.29) is 11.7 Å². The van der Waals surface area contributed by atoms with Gasteiger partial charge in [-0.25, -0.2) is 9.37 Å². The summed E-state index contributed by atoms with van der Waals surface area (Å²) in [4.78, 5) is 21.3. The van der Waals surface area contributed by atoms with Gasteiger partial charge in [0, 0.05) is 49.4 Å². The van der Waals surface area contributed by atoms with E-state index in [4.69, 9.17) is 0 Å². The monoisotopic (exact) mass is 391 g/mol. The number of para-hydroxylation sites is 1. The number of nitrogens with zero attached hydrogens (tertiary/aromatic N) is 3. The minimum absolute atomic E-state index is 0.206. The zero-order valence-electron chi connectivity index (χ0n) is 16.8. The Morgan fingerprint density at radius 1 is 1.03 bits per heavy atom. The molecule has 0 N–H and O–H groups in total. The third kappa shape index (κ3) is 4.39. The summed E-state index contributed by atoms with van der Waals surface area (Å²) in [6, 6.07) is 17.3. The van der Waals surface area contributed by atoms with Crippen LogP contribution in [-0.4, -0.2) is 42.0 Å². The van der Waals surface area contributed by atoms with Crippen molar-refractivity contribution in [2.75, 3.05) is 31.1 Å². The highest BCUT2D eigenvalue weighted by Gasteiger charge is 2.21. The molecule has 0 atom stereocenters. The van der Waals surface area contributed by atoms with Gasteiger partial charge in [0.05, 0.1) is 0 Å². The fourth-order valence-corrected chi connectivity index (χ4v) is 4.04. The number of benzene rings is 2. The summed E-state index contributed by atoms with van der Waals surface area (Å²) in [5, 5.41) is 0.833. The molecule has 150 valence electrons. The van der Waals surface area contributed by atoms with Crippen molar-refractivity contribution >= 4 is 22.5 Å². The number of amides is 1. The van der Waals surface area contributed by atoms with E-state index in [1.807, 2.05) is 42.2 Å². The maximum Gasteiger partial charge on any atom is 0.222 e. The molecule has 1 saturated heterocycles. The molecule has 0 saturated carbocycles. The number of hydrogen-bond donors (Lipinski definition) is 0. The summed E-state index contributed by atoms with van der Waals surface area (Å²) in [6.45, 7) is 4.93. The Labute approximate surface area is 171 Å². The van der Waals surface area contributed by atoms with Gasteiger partial charge < -0.3 is 9.80 Å². The third-order valence-corrected chi connectivity index (χ3v) is 5.56. The van der Waals surface area contributed by atoms with Crippen LogP contribution in [0.5, 0.6) is 0 Å². The molecule has 0 radical (unpaired) electrons. The molecule has 0 aliphatic carbocycles. The lowest BCUT2D eigenvalue weighted by molar-refractivity contribution is -0.130. The third-order valence-electron chi connectivity index (χ3n) is 5.56. The summed E-state index contributed by atoms with van der Waals surface area (Å²) in [5.74, 6) is -0.0856. The van der Waals surface area contributed by atoms with E-state index in [0.717, 1.165) is 49.2 Å².